The van der Waals surface area contributed by atoms with Crippen LogP contribution < -0.4 is 9.47 Å². The van der Waals surface area contributed by atoms with Crippen molar-refractivity contribution in [3.63, 3.8) is 0 Å². The molecule has 2 aromatic rings. The molecule has 1 saturated heterocycles. The second kappa shape index (κ2) is 10.5. The second-order valence-electron chi connectivity index (χ2n) is 9.44. The summed E-state index contributed by atoms with van der Waals surface area (Å²) >= 11 is 0. The van der Waals surface area contributed by atoms with Gasteiger partial charge in [0.1, 0.15) is 12.3 Å². The van der Waals surface area contributed by atoms with E-state index in [4.69, 9.17) is 22.4 Å². The lowest BCUT2D eigenvalue weighted by Crippen LogP contribution is -2.42. The van der Waals surface area contributed by atoms with Crippen molar-refractivity contribution < 1.29 is 31.9 Å². The minimum absolute atomic E-state index is 0.0475. The average Bonchev–Trinajstić information content (AvgIpc) is 3.49. The van der Waals surface area contributed by atoms with Crippen LogP contribution in [0.15, 0.2) is 46.6 Å². The zero-order valence-corrected chi connectivity index (χ0v) is 21.6. The molecule has 38 heavy (non-hydrogen) atoms. The zero-order valence-electron chi connectivity index (χ0n) is 20.8. The van der Waals surface area contributed by atoms with E-state index < -0.39 is 15.0 Å². The van der Waals surface area contributed by atoms with Crippen molar-refractivity contribution in [1.29, 1.82) is 0 Å². The normalized spacial score (nSPS) is 18.0. The van der Waals surface area contributed by atoms with E-state index in [9.17, 15) is 10.1 Å². The molecular formula is C25H27N5O7S. The molecule has 2 aromatic carbocycles. The van der Waals surface area contributed by atoms with Gasteiger partial charge in [-0.2, -0.15) is 5.10 Å². The number of nitro groups is 1. The van der Waals surface area contributed by atoms with Crippen LogP contribution in [0, 0.1) is 10.1 Å². The number of amidine groups is 1. The number of rotatable bonds is 4. The number of fused-ring (bicyclic) bond motifs is 3. The number of ether oxygens (including phenoxy) is 2. The average molecular weight is 542 g/mol. The fraction of sp³-hybridized carbons (Fsp3) is 0.400. The van der Waals surface area contributed by atoms with Crippen LogP contribution in [0.25, 0.3) is 0 Å². The Labute approximate surface area is 219 Å². The largest absolute Gasteiger partial charge is 0.748 e. The van der Waals surface area contributed by atoms with Crippen LogP contribution in [-0.2, 0) is 16.5 Å². The number of hydrogen-bond donors (Lipinski definition) is 0. The summed E-state index contributed by atoms with van der Waals surface area (Å²) in [5.74, 6) is 2.84. The van der Waals surface area contributed by atoms with Crippen molar-refractivity contribution in [3.8, 4) is 11.5 Å². The van der Waals surface area contributed by atoms with E-state index in [0.717, 1.165) is 67.2 Å². The highest BCUT2D eigenvalue weighted by molar-refractivity contribution is 7.84. The smallest absolute Gasteiger partial charge is 0.269 e. The van der Waals surface area contributed by atoms with Crippen LogP contribution in [0.1, 0.15) is 36.0 Å². The molecule has 0 spiro atoms. The first-order chi connectivity index (χ1) is 18.2. The Morgan fingerprint density at radius 1 is 1.08 bits per heavy atom. The molecule has 4 heterocycles. The molecule has 13 heteroatoms. The molecule has 0 radical (unpaired) electrons. The van der Waals surface area contributed by atoms with Gasteiger partial charge in [-0.3, -0.25) is 19.6 Å². The van der Waals surface area contributed by atoms with Crippen LogP contribution in [0.3, 0.4) is 0 Å². The molecule has 0 unspecified atom stereocenters. The number of nitrogens with zero attached hydrogens (tertiary/aromatic N) is 5. The molecule has 1 fully saturated rings. The Morgan fingerprint density at radius 2 is 1.76 bits per heavy atom. The van der Waals surface area contributed by atoms with E-state index in [0.29, 0.717) is 24.1 Å². The molecule has 0 amide bonds. The first-order valence-electron chi connectivity index (χ1n) is 12.2. The van der Waals surface area contributed by atoms with E-state index in [1.54, 1.807) is 12.1 Å². The van der Waals surface area contributed by atoms with Gasteiger partial charge in [0, 0.05) is 42.4 Å². The third kappa shape index (κ3) is 5.83. The molecule has 200 valence electrons. The second-order valence-corrected chi connectivity index (χ2v) is 10.9. The number of nitro benzene ring substituents is 1. The van der Waals surface area contributed by atoms with Gasteiger partial charge in [-0.05, 0) is 36.2 Å². The minimum Gasteiger partial charge on any atom is -0.748 e. The van der Waals surface area contributed by atoms with E-state index in [2.05, 4.69) is 19.7 Å². The van der Waals surface area contributed by atoms with Gasteiger partial charge in [-0.1, -0.05) is 0 Å². The van der Waals surface area contributed by atoms with Crippen molar-refractivity contribution in [3.05, 3.63) is 63.2 Å². The fourth-order valence-electron chi connectivity index (χ4n) is 5.11. The van der Waals surface area contributed by atoms with Crippen LogP contribution in [0.5, 0.6) is 11.5 Å². The molecule has 0 N–H and O–H groups in total. The third-order valence-electron chi connectivity index (χ3n) is 6.68. The van der Waals surface area contributed by atoms with Crippen LogP contribution in [0.4, 0.5) is 5.69 Å². The van der Waals surface area contributed by atoms with Crippen LogP contribution in [0.2, 0.25) is 0 Å². The molecular weight excluding hydrogens is 514 g/mol. The summed E-state index contributed by atoms with van der Waals surface area (Å²) < 4.78 is 40.9. The molecule has 0 aliphatic carbocycles. The first-order valence-corrected chi connectivity index (χ1v) is 14.0. The maximum absolute atomic E-state index is 11.1. The lowest BCUT2D eigenvalue weighted by atomic mass is 9.94. The van der Waals surface area contributed by atoms with Crippen molar-refractivity contribution in [2.75, 3.05) is 39.2 Å². The van der Waals surface area contributed by atoms with Crippen molar-refractivity contribution in [2.45, 2.75) is 25.7 Å². The molecule has 0 aromatic heterocycles. The highest BCUT2D eigenvalue weighted by Gasteiger charge is 2.33. The summed E-state index contributed by atoms with van der Waals surface area (Å²) in [6.45, 7) is 4.28. The van der Waals surface area contributed by atoms with Gasteiger partial charge in [0.05, 0.1) is 46.8 Å². The quantitative estimate of drug-likeness (QED) is 0.247. The maximum atomic E-state index is 11.1. The standard InChI is InChI=1S/C24H24N5O4.CH4O3S/c30-29(31)19-6-4-16(5-7-19)24-20-13-22-21(32-15-33-22)12-17(20)11-18(25-26-24)14-28-10-2-9-27-8-1-3-23(27)28;1-5(2,3)4/h4-7,12-13H,1-3,8-11,14-15H2;1H3,(H,2,3,4)/q+1;/p-1. The Hall–Kier alpha value is -3.84. The third-order valence-corrected chi connectivity index (χ3v) is 6.68. The molecule has 4 aliphatic rings. The van der Waals surface area contributed by atoms with Gasteiger partial charge in [0.2, 0.25) is 12.6 Å². The maximum Gasteiger partial charge on any atom is 0.269 e. The monoisotopic (exact) mass is 541 g/mol. The lowest BCUT2D eigenvalue weighted by molar-refractivity contribution is -0.524. The van der Waals surface area contributed by atoms with E-state index >= 15 is 0 Å². The van der Waals surface area contributed by atoms with Gasteiger partial charge in [-0.15, -0.1) is 5.10 Å². The molecule has 0 atom stereocenters. The van der Waals surface area contributed by atoms with Crippen molar-refractivity contribution >= 4 is 33.1 Å². The van der Waals surface area contributed by atoms with Crippen LogP contribution in [-0.4, -0.2) is 83.9 Å². The van der Waals surface area contributed by atoms with Gasteiger partial charge in [0.25, 0.3) is 5.69 Å². The number of benzene rings is 2. The summed E-state index contributed by atoms with van der Waals surface area (Å²) in [4.78, 5) is 13.2. The minimum atomic E-state index is -3.92. The molecule has 4 aliphatic heterocycles. The van der Waals surface area contributed by atoms with E-state index in [-0.39, 0.29) is 12.5 Å². The first kappa shape index (κ1) is 25.8. The van der Waals surface area contributed by atoms with Crippen LogP contribution >= 0.6 is 0 Å². The Bertz CT molecular complexity index is 1460. The Morgan fingerprint density at radius 3 is 2.47 bits per heavy atom. The molecule has 0 saturated carbocycles. The Balaban J connectivity index is 0.000000540. The predicted molar refractivity (Wildman–Crippen MR) is 138 cm³/mol. The summed E-state index contributed by atoms with van der Waals surface area (Å²) in [6, 6.07) is 10.4. The predicted octanol–water partition coefficient (Wildman–Crippen LogP) is 2.14. The highest BCUT2D eigenvalue weighted by Crippen LogP contribution is 2.37. The lowest BCUT2D eigenvalue weighted by Gasteiger charge is -2.22. The summed E-state index contributed by atoms with van der Waals surface area (Å²) in [5, 5.41) is 20.4. The SMILES string of the molecule is CS(=O)(=O)[O-].O=[N+]([O-])c1ccc(C2=NN=C(C[N+]3=C4CCCN4CCC3)Cc3cc4c(cc32)OCO4)cc1. The molecule has 12 nitrogen and oxygen atoms in total. The van der Waals surface area contributed by atoms with Crippen molar-refractivity contribution in [1.82, 2.24) is 4.90 Å². The molecule has 0 bridgehead atoms. The number of hydrogen-bond acceptors (Lipinski definition) is 10. The van der Waals surface area contributed by atoms with Gasteiger partial charge < -0.3 is 14.0 Å². The highest BCUT2D eigenvalue weighted by atomic mass is 32.2. The van der Waals surface area contributed by atoms with Gasteiger partial charge in [0.15, 0.2) is 11.5 Å². The van der Waals surface area contributed by atoms with E-state index in [1.807, 2.05) is 12.1 Å². The summed E-state index contributed by atoms with van der Waals surface area (Å²) in [7, 11) is -3.92. The topological polar surface area (TPSA) is 150 Å². The molecule has 6 rings (SSSR count). The van der Waals surface area contributed by atoms with Gasteiger partial charge >= 0.3 is 0 Å². The Kier molecular flexibility index (Phi) is 7.13. The zero-order chi connectivity index (χ0) is 26.9. The summed E-state index contributed by atoms with van der Waals surface area (Å²) in [6.07, 6.45) is 4.76. The fourth-order valence-corrected chi connectivity index (χ4v) is 5.11. The summed E-state index contributed by atoms with van der Waals surface area (Å²) in [5.41, 5.74) is 4.49. The van der Waals surface area contributed by atoms with E-state index in [1.165, 1.54) is 24.4 Å². The number of non-ortho nitro benzene ring substituents is 1. The van der Waals surface area contributed by atoms with Crippen molar-refractivity contribution in [2.24, 2.45) is 10.2 Å². The van der Waals surface area contributed by atoms with Gasteiger partial charge in [-0.25, -0.2) is 8.42 Å².